The Morgan fingerprint density at radius 1 is 1.30 bits per heavy atom. The molecule has 1 aliphatic rings. The number of aromatic nitrogens is 1. The molecule has 0 aromatic carbocycles. The SMILES string of the molecule is CC(C)c1cc(CO)cc(N2CCCS(=O)(=O)CC2)n1. The third kappa shape index (κ3) is 3.70. The topological polar surface area (TPSA) is 70.5 Å². The van der Waals surface area contributed by atoms with E-state index in [4.69, 9.17) is 0 Å². The van der Waals surface area contributed by atoms with E-state index in [-0.39, 0.29) is 24.0 Å². The van der Waals surface area contributed by atoms with Gasteiger partial charge in [0.05, 0.1) is 18.1 Å². The summed E-state index contributed by atoms with van der Waals surface area (Å²) in [6.45, 7) is 5.25. The predicted octanol–water partition coefficient (Wildman–Crippen LogP) is 1.32. The highest BCUT2D eigenvalue weighted by Gasteiger charge is 2.20. The first kappa shape index (κ1) is 15.3. The van der Waals surface area contributed by atoms with Crippen LogP contribution in [0.5, 0.6) is 0 Å². The summed E-state index contributed by atoms with van der Waals surface area (Å²) < 4.78 is 23.3. The number of pyridine rings is 1. The third-order valence-electron chi connectivity index (χ3n) is 3.55. The van der Waals surface area contributed by atoms with Crippen LogP contribution in [-0.2, 0) is 16.4 Å². The van der Waals surface area contributed by atoms with Gasteiger partial charge >= 0.3 is 0 Å². The molecule has 0 aliphatic carbocycles. The van der Waals surface area contributed by atoms with Crippen molar-refractivity contribution < 1.29 is 13.5 Å². The minimum absolute atomic E-state index is 0.0264. The Morgan fingerprint density at radius 3 is 2.70 bits per heavy atom. The number of hydrogen-bond acceptors (Lipinski definition) is 5. The molecular formula is C14H22N2O3S. The van der Waals surface area contributed by atoms with Crippen molar-refractivity contribution in [1.82, 2.24) is 4.98 Å². The predicted molar refractivity (Wildman–Crippen MR) is 79.7 cm³/mol. The molecule has 1 aliphatic heterocycles. The molecule has 2 rings (SSSR count). The van der Waals surface area contributed by atoms with Gasteiger partial charge < -0.3 is 10.0 Å². The van der Waals surface area contributed by atoms with E-state index in [0.717, 1.165) is 17.1 Å². The fourth-order valence-corrected chi connectivity index (χ4v) is 3.58. The lowest BCUT2D eigenvalue weighted by Crippen LogP contribution is -2.28. The van der Waals surface area contributed by atoms with Gasteiger partial charge in [0.2, 0.25) is 0 Å². The fourth-order valence-electron chi connectivity index (χ4n) is 2.31. The highest BCUT2D eigenvalue weighted by molar-refractivity contribution is 7.91. The van der Waals surface area contributed by atoms with E-state index in [1.54, 1.807) is 0 Å². The van der Waals surface area contributed by atoms with Gasteiger partial charge in [-0.15, -0.1) is 0 Å². The lowest BCUT2D eigenvalue weighted by atomic mass is 10.1. The second-order valence-electron chi connectivity index (χ2n) is 5.56. The summed E-state index contributed by atoms with van der Waals surface area (Å²) in [5, 5.41) is 9.36. The Labute approximate surface area is 120 Å². The first-order valence-electron chi connectivity index (χ1n) is 6.98. The van der Waals surface area contributed by atoms with Crippen molar-refractivity contribution in [3.05, 3.63) is 23.4 Å². The smallest absolute Gasteiger partial charge is 0.152 e. The molecular weight excluding hydrogens is 276 g/mol. The van der Waals surface area contributed by atoms with Crippen LogP contribution < -0.4 is 4.90 Å². The molecule has 0 radical (unpaired) electrons. The Bertz CT molecular complexity index is 570. The van der Waals surface area contributed by atoms with Crippen LogP contribution in [0.1, 0.15) is 37.4 Å². The first-order valence-corrected chi connectivity index (χ1v) is 8.80. The molecule has 0 unspecified atom stereocenters. The van der Waals surface area contributed by atoms with E-state index in [2.05, 4.69) is 18.8 Å². The maximum absolute atomic E-state index is 11.7. The van der Waals surface area contributed by atoms with Crippen LogP contribution in [-0.4, -0.2) is 43.1 Å². The van der Waals surface area contributed by atoms with Crippen LogP contribution in [0.25, 0.3) is 0 Å². The third-order valence-corrected chi connectivity index (χ3v) is 5.26. The molecule has 1 saturated heterocycles. The van der Waals surface area contributed by atoms with E-state index < -0.39 is 9.84 Å². The summed E-state index contributed by atoms with van der Waals surface area (Å²) in [5.41, 5.74) is 1.75. The van der Waals surface area contributed by atoms with Gasteiger partial charge in [-0.1, -0.05) is 13.8 Å². The van der Waals surface area contributed by atoms with Gasteiger partial charge in [-0.3, -0.25) is 0 Å². The van der Waals surface area contributed by atoms with Crippen LogP contribution >= 0.6 is 0 Å². The quantitative estimate of drug-likeness (QED) is 0.911. The van der Waals surface area contributed by atoms with E-state index in [1.165, 1.54) is 0 Å². The maximum atomic E-state index is 11.7. The van der Waals surface area contributed by atoms with Crippen molar-refractivity contribution in [3.8, 4) is 0 Å². The standard InChI is InChI=1S/C14H22N2O3S/c1-11(2)13-8-12(10-17)9-14(15-13)16-4-3-6-20(18,19)7-5-16/h8-9,11,17H,3-7,10H2,1-2H3. The monoisotopic (exact) mass is 298 g/mol. The Morgan fingerprint density at radius 2 is 2.05 bits per heavy atom. The summed E-state index contributed by atoms with van der Waals surface area (Å²) in [6, 6.07) is 3.76. The number of hydrogen-bond donors (Lipinski definition) is 1. The van der Waals surface area contributed by atoms with E-state index in [1.807, 2.05) is 17.0 Å². The summed E-state index contributed by atoms with van der Waals surface area (Å²) in [5.74, 6) is 1.48. The Hall–Kier alpha value is -1.14. The second-order valence-corrected chi connectivity index (χ2v) is 7.87. The fraction of sp³-hybridized carbons (Fsp3) is 0.643. The van der Waals surface area contributed by atoms with Crippen molar-refractivity contribution in [1.29, 1.82) is 0 Å². The molecule has 0 bridgehead atoms. The van der Waals surface area contributed by atoms with Gasteiger partial charge in [0.25, 0.3) is 0 Å². The average molecular weight is 298 g/mol. The number of nitrogens with zero attached hydrogens (tertiary/aromatic N) is 2. The molecule has 0 spiro atoms. The van der Waals surface area contributed by atoms with Crippen molar-refractivity contribution in [3.63, 3.8) is 0 Å². The molecule has 112 valence electrons. The number of aliphatic hydroxyl groups excluding tert-OH is 1. The van der Waals surface area contributed by atoms with Gasteiger partial charge in [0, 0.05) is 18.8 Å². The Kier molecular flexibility index (Phi) is 4.65. The van der Waals surface area contributed by atoms with Gasteiger partial charge in [0.1, 0.15) is 5.82 Å². The van der Waals surface area contributed by atoms with Crippen molar-refractivity contribution >= 4 is 15.7 Å². The minimum Gasteiger partial charge on any atom is -0.392 e. The molecule has 1 fully saturated rings. The average Bonchev–Trinajstić information content (AvgIpc) is 2.59. The molecule has 5 nitrogen and oxygen atoms in total. The lowest BCUT2D eigenvalue weighted by molar-refractivity contribution is 0.281. The van der Waals surface area contributed by atoms with Gasteiger partial charge in [-0.05, 0) is 30.0 Å². The zero-order valence-electron chi connectivity index (χ0n) is 12.0. The van der Waals surface area contributed by atoms with Crippen LogP contribution in [0.15, 0.2) is 12.1 Å². The molecule has 0 saturated carbocycles. The molecule has 1 aromatic heterocycles. The van der Waals surface area contributed by atoms with Crippen molar-refractivity contribution in [2.24, 2.45) is 0 Å². The normalized spacial score (nSPS) is 19.1. The minimum atomic E-state index is -2.92. The molecule has 1 N–H and O–H groups in total. The zero-order valence-corrected chi connectivity index (χ0v) is 12.9. The maximum Gasteiger partial charge on any atom is 0.152 e. The summed E-state index contributed by atoms with van der Waals surface area (Å²) in [6.07, 6.45) is 0.629. The molecule has 20 heavy (non-hydrogen) atoms. The largest absolute Gasteiger partial charge is 0.392 e. The second kappa shape index (κ2) is 6.10. The highest BCUT2D eigenvalue weighted by atomic mass is 32.2. The number of sulfone groups is 1. The number of anilines is 1. The molecule has 0 atom stereocenters. The lowest BCUT2D eigenvalue weighted by Gasteiger charge is -2.22. The van der Waals surface area contributed by atoms with Crippen LogP contribution in [0.3, 0.4) is 0 Å². The van der Waals surface area contributed by atoms with Crippen molar-refractivity contribution in [2.75, 3.05) is 29.5 Å². The molecule has 1 aromatic rings. The molecule has 2 heterocycles. The number of aliphatic hydroxyl groups is 1. The van der Waals surface area contributed by atoms with E-state index >= 15 is 0 Å². The summed E-state index contributed by atoms with van der Waals surface area (Å²) in [4.78, 5) is 6.62. The summed E-state index contributed by atoms with van der Waals surface area (Å²) in [7, 11) is -2.92. The van der Waals surface area contributed by atoms with Crippen LogP contribution in [0.4, 0.5) is 5.82 Å². The van der Waals surface area contributed by atoms with Crippen LogP contribution in [0.2, 0.25) is 0 Å². The van der Waals surface area contributed by atoms with Crippen LogP contribution in [0, 0.1) is 0 Å². The molecule has 0 amide bonds. The van der Waals surface area contributed by atoms with Crippen molar-refractivity contribution in [2.45, 2.75) is 32.8 Å². The first-order chi connectivity index (χ1) is 9.41. The van der Waals surface area contributed by atoms with Gasteiger partial charge in [-0.2, -0.15) is 0 Å². The highest BCUT2D eigenvalue weighted by Crippen LogP contribution is 2.21. The summed E-state index contributed by atoms with van der Waals surface area (Å²) >= 11 is 0. The van der Waals surface area contributed by atoms with Gasteiger partial charge in [0.15, 0.2) is 9.84 Å². The Balaban J connectivity index is 2.29. The van der Waals surface area contributed by atoms with Gasteiger partial charge in [-0.25, -0.2) is 13.4 Å². The molecule has 6 heteroatoms. The van der Waals surface area contributed by atoms with E-state index in [9.17, 15) is 13.5 Å². The van der Waals surface area contributed by atoms with E-state index in [0.29, 0.717) is 19.5 Å². The number of rotatable bonds is 3. The zero-order chi connectivity index (χ0) is 14.8.